The van der Waals surface area contributed by atoms with Crippen LogP contribution in [0.1, 0.15) is 43.3 Å². The summed E-state index contributed by atoms with van der Waals surface area (Å²) >= 11 is 0. The predicted molar refractivity (Wildman–Crippen MR) is 124 cm³/mol. The molecule has 0 aliphatic carbocycles. The van der Waals surface area contributed by atoms with E-state index in [0.717, 1.165) is 48.7 Å². The molecule has 1 aliphatic heterocycles. The molecular weight excluding hydrogens is 410 g/mol. The molecule has 1 fully saturated rings. The second-order valence-corrected chi connectivity index (χ2v) is 8.91. The first kappa shape index (κ1) is 22.3. The van der Waals surface area contributed by atoms with Gasteiger partial charge in [0.25, 0.3) is 5.92 Å². The van der Waals surface area contributed by atoms with E-state index in [1.54, 1.807) is 18.3 Å². The van der Waals surface area contributed by atoms with Crippen LogP contribution in [-0.4, -0.2) is 53.1 Å². The molecule has 2 aromatic heterocycles. The summed E-state index contributed by atoms with van der Waals surface area (Å²) in [4.78, 5) is 18.3. The van der Waals surface area contributed by atoms with Crippen molar-refractivity contribution >= 4 is 22.5 Å². The van der Waals surface area contributed by atoms with Crippen LogP contribution < -0.4 is 10.2 Å². The van der Waals surface area contributed by atoms with E-state index in [1.165, 1.54) is 6.07 Å². The Hall–Kier alpha value is -2.87. The van der Waals surface area contributed by atoms with Gasteiger partial charge in [-0.1, -0.05) is 18.2 Å². The number of aryl methyl sites for hydroxylation is 1. The third kappa shape index (κ3) is 4.65. The summed E-state index contributed by atoms with van der Waals surface area (Å²) in [7, 11) is 4.21. The van der Waals surface area contributed by atoms with Crippen molar-refractivity contribution in [3.8, 4) is 0 Å². The first-order chi connectivity index (χ1) is 15.1. The van der Waals surface area contributed by atoms with Gasteiger partial charge in [-0.2, -0.15) is 0 Å². The number of hydrogen-bond donors (Lipinski definition) is 1. The summed E-state index contributed by atoms with van der Waals surface area (Å²) in [5.74, 6) is -0.669. The fourth-order valence-corrected chi connectivity index (χ4v) is 4.16. The molecule has 170 valence electrons. The van der Waals surface area contributed by atoms with Gasteiger partial charge in [-0.15, -0.1) is 0 Å². The first-order valence-corrected chi connectivity index (χ1v) is 10.9. The number of nitrogens with one attached hydrogen (secondary N) is 1. The molecule has 3 heterocycles. The molecule has 1 saturated heterocycles. The minimum absolute atomic E-state index is 0.00309. The smallest absolute Gasteiger partial charge is 0.270 e. The molecule has 32 heavy (non-hydrogen) atoms. The van der Waals surface area contributed by atoms with Crippen molar-refractivity contribution < 1.29 is 8.78 Å². The number of benzene rings is 1. The molecular formula is C24H30F2N6. The maximum absolute atomic E-state index is 13.8. The van der Waals surface area contributed by atoms with E-state index in [0.29, 0.717) is 17.7 Å². The van der Waals surface area contributed by atoms with E-state index in [1.807, 2.05) is 26.0 Å². The third-order valence-electron chi connectivity index (χ3n) is 6.14. The maximum Gasteiger partial charge on any atom is 0.270 e. The number of aromatic nitrogens is 3. The minimum atomic E-state index is -2.88. The molecule has 6 nitrogen and oxygen atoms in total. The molecule has 1 unspecified atom stereocenters. The van der Waals surface area contributed by atoms with Crippen LogP contribution in [0, 0.1) is 6.92 Å². The van der Waals surface area contributed by atoms with E-state index in [9.17, 15) is 8.78 Å². The molecule has 4 rings (SSSR count). The zero-order valence-corrected chi connectivity index (χ0v) is 19.2. The molecule has 2 atom stereocenters. The number of hydrogen-bond acceptors (Lipinski definition) is 6. The SMILES string of the molecule is Cc1nc(NC(C)c2cccc(C(C)(F)F)c2)c2cc(N3CC[C@@H](N(C)C)C3)ncc2n1. The molecule has 0 radical (unpaired) electrons. The Bertz CT molecular complexity index is 1110. The van der Waals surface area contributed by atoms with Gasteiger partial charge in [-0.05, 0) is 52.1 Å². The summed E-state index contributed by atoms with van der Waals surface area (Å²) in [5.41, 5.74) is 1.53. The second-order valence-electron chi connectivity index (χ2n) is 8.91. The molecule has 0 saturated carbocycles. The molecule has 1 aliphatic rings. The molecule has 3 aromatic rings. The van der Waals surface area contributed by atoms with Crippen LogP contribution in [0.5, 0.6) is 0 Å². The first-order valence-electron chi connectivity index (χ1n) is 10.9. The number of fused-ring (bicyclic) bond motifs is 1. The van der Waals surface area contributed by atoms with Crippen LogP contribution in [0.3, 0.4) is 0 Å². The highest BCUT2D eigenvalue weighted by Crippen LogP contribution is 2.31. The largest absolute Gasteiger partial charge is 0.363 e. The second kappa shape index (κ2) is 8.58. The fraction of sp³-hybridized carbons (Fsp3) is 0.458. The van der Waals surface area contributed by atoms with Crippen molar-refractivity contribution in [2.75, 3.05) is 37.4 Å². The lowest BCUT2D eigenvalue weighted by atomic mass is 10.0. The summed E-state index contributed by atoms with van der Waals surface area (Å²) in [6, 6.07) is 8.84. The van der Waals surface area contributed by atoms with Gasteiger partial charge in [-0.25, -0.2) is 23.7 Å². The number of anilines is 2. The number of pyridine rings is 1. The normalized spacial score (nSPS) is 17.9. The number of likely N-dealkylation sites (N-methyl/N-ethyl adjacent to an activating group) is 1. The van der Waals surface area contributed by atoms with Crippen LogP contribution >= 0.6 is 0 Å². The van der Waals surface area contributed by atoms with Gasteiger partial charge in [0.1, 0.15) is 17.5 Å². The Kier molecular flexibility index (Phi) is 5.99. The molecule has 8 heteroatoms. The van der Waals surface area contributed by atoms with Crippen LogP contribution in [0.25, 0.3) is 10.9 Å². The molecule has 1 aromatic carbocycles. The number of rotatable bonds is 6. The highest BCUT2D eigenvalue weighted by Gasteiger charge is 2.26. The Labute approximate surface area is 187 Å². The summed E-state index contributed by atoms with van der Waals surface area (Å²) in [5, 5.41) is 4.29. The molecule has 0 amide bonds. The van der Waals surface area contributed by atoms with E-state index >= 15 is 0 Å². The Morgan fingerprint density at radius 3 is 2.69 bits per heavy atom. The van der Waals surface area contributed by atoms with Crippen molar-refractivity contribution in [2.45, 2.75) is 45.2 Å². The zero-order valence-electron chi connectivity index (χ0n) is 19.2. The van der Waals surface area contributed by atoms with Gasteiger partial charge >= 0.3 is 0 Å². The van der Waals surface area contributed by atoms with E-state index in [-0.39, 0.29) is 11.6 Å². The highest BCUT2D eigenvalue weighted by molar-refractivity contribution is 5.90. The average Bonchev–Trinajstić information content (AvgIpc) is 3.23. The van der Waals surface area contributed by atoms with Gasteiger partial charge in [0.2, 0.25) is 0 Å². The van der Waals surface area contributed by atoms with Gasteiger partial charge < -0.3 is 15.1 Å². The van der Waals surface area contributed by atoms with Crippen LogP contribution in [0.4, 0.5) is 20.4 Å². The summed E-state index contributed by atoms with van der Waals surface area (Å²) in [6.07, 6.45) is 2.88. The number of alkyl halides is 2. The number of nitrogens with zero attached hydrogens (tertiary/aromatic N) is 5. The Morgan fingerprint density at radius 1 is 1.22 bits per heavy atom. The highest BCUT2D eigenvalue weighted by atomic mass is 19.3. The molecule has 0 bridgehead atoms. The summed E-state index contributed by atoms with van der Waals surface area (Å²) in [6.45, 7) is 6.57. The van der Waals surface area contributed by atoms with Crippen LogP contribution in [0.2, 0.25) is 0 Å². The maximum atomic E-state index is 13.8. The molecule has 1 N–H and O–H groups in total. The van der Waals surface area contributed by atoms with E-state index < -0.39 is 5.92 Å². The Balaban J connectivity index is 1.65. The van der Waals surface area contributed by atoms with Crippen molar-refractivity contribution in [2.24, 2.45) is 0 Å². The fourth-order valence-electron chi connectivity index (χ4n) is 4.16. The lowest BCUT2D eigenvalue weighted by Gasteiger charge is -2.22. The van der Waals surface area contributed by atoms with Gasteiger partial charge in [0, 0.05) is 43.0 Å². The standard InChI is InChI=1S/C24H30F2N6/c1-15(17-7-6-8-18(11-17)24(3,25)26)28-23-20-12-22(27-13-21(20)29-16(2)30-23)32-10-9-19(14-32)31(4)5/h6-8,11-13,15,19H,9-10,14H2,1-5H3,(H,28,29,30)/t15?,19-/m1/s1. The van der Waals surface area contributed by atoms with Crippen molar-refractivity contribution in [1.29, 1.82) is 0 Å². The zero-order chi connectivity index (χ0) is 23.0. The van der Waals surface area contributed by atoms with E-state index in [4.69, 9.17) is 0 Å². The lowest BCUT2D eigenvalue weighted by molar-refractivity contribution is 0.0174. The van der Waals surface area contributed by atoms with Gasteiger partial charge in [0.05, 0.1) is 11.7 Å². The monoisotopic (exact) mass is 440 g/mol. The summed E-state index contributed by atoms with van der Waals surface area (Å²) < 4.78 is 27.6. The van der Waals surface area contributed by atoms with Gasteiger partial charge in [-0.3, -0.25) is 0 Å². The Morgan fingerprint density at radius 2 is 2.00 bits per heavy atom. The van der Waals surface area contributed by atoms with E-state index in [2.05, 4.69) is 44.2 Å². The van der Waals surface area contributed by atoms with Crippen molar-refractivity contribution in [3.05, 3.63) is 53.5 Å². The van der Waals surface area contributed by atoms with Crippen LogP contribution in [-0.2, 0) is 5.92 Å². The topological polar surface area (TPSA) is 57.2 Å². The van der Waals surface area contributed by atoms with Crippen molar-refractivity contribution in [1.82, 2.24) is 19.9 Å². The molecule has 0 spiro atoms. The third-order valence-corrected chi connectivity index (χ3v) is 6.14. The lowest BCUT2D eigenvalue weighted by Crippen LogP contribution is -2.31. The average molecular weight is 441 g/mol. The van der Waals surface area contributed by atoms with Gasteiger partial charge in [0.15, 0.2) is 0 Å². The quantitative estimate of drug-likeness (QED) is 0.597. The minimum Gasteiger partial charge on any atom is -0.363 e. The van der Waals surface area contributed by atoms with Crippen molar-refractivity contribution in [3.63, 3.8) is 0 Å². The predicted octanol–water partition coefficient (Wildman–Crippen LogP) is 4.76. The number of halogens is 2. The van der Waals surface area contributed by atoms with Crippen LogP contribution in [0.15, 0.2) is 36.5 Å².